The molecule has 0 aliphatic carbocycles. The van der Waals surface area contributed by atoms with Crippen molar-refractivity contribution in [3.63, 3.8) is 0 Å². The zero-order valence-electron chi connectivity index (χ0n) is 13.7. The fraction of sp³-hybridized carbons (Fsp3) is 0.353. The van der Waals surface area contributed by atoms with Gasteiger partial charge in [-0.25, -0.2) is 9.36 Å². The Labute approximate surface area is 154 Å². The molecular weight excluding hydrogens is 361 g/mol. The Hall–Kier alpha value is -1.89. The molecular formula is C17H17Cl2N5O. The molecule has 6 nitrogen and oxygen atoms in total. The quantitative estimate of drug-likeness (QED) is 0.688. The van der Waals surface area contributed by atoms with Crippen molar-refractivity contribution in [2.75, 3.05) is 20.1 Å². The lowest BCUT2D eigenvalue weighted by molar-refractivity contribution is 0.209. The Morgan fingerprint density at radius 1 is 1.16 bits per heavy atom. The summed E-state index contributed by atoms with van der Waals surface area (Å²) in [4.78, 5) is 15.1. The molecule has 3 heterocycles. The standard InChI is InChI=1S/C17H17Cl2N5O/c1-22-6-4-12(5-7-22)24-17(25)16-11(9-20-24)10-23(21-16)13-2-3-14(18)15(19)8-13/h2-3,8-10,12H,4-7H2,1H3. The minimum atomic E-state index is -0.147. The first-order valence-electron chi connectivity index (χ1n) is 8.14. The molecule has 0 unspecified atom stereocenters. The van der Waals surface area contributed by atoms with Gasteiger partial charge in [-0.3, -0.25) is 4.79 Å². The van der Waals surface area contributed by atoms with Crippen LogP contribution in [0.15, 0.2) is 35.4 Å². The molecule has 0 bridgehead atoms. The summed E-state index contributed by atoms with van der Waals surface area (Å²) in [5.41, 5.74) is 1.02. The van der Waals surface area contributed by atoms with Crippen LogP contribution in [-0.4, -0.2) is 44.6 Å². The van der Waals surface area contributed by atoms with Gasteiger partial charge in [0.25, 0.3) is 5.56 Å². The largest absolute Gasteiger partial charge is 0.306 e. The van der Waals surface area contributed by atoms with Crippen LogP contribution in [0.3, 0.4) is 0 Å². The van der Waals surface area contributed by atoms with Gasteiger partial charge < -0.3 is 4.90 Å². The highest BCUT2D eigenvalue weighted by Gasteiger charge is 2.21. The van der Waals surface area contributed by atoms with Gasteiger partial charge in [0.15, 0.2) is 5.52 Å². The zero-order valence-corrected chi connectivity index (χ0v) is 15.2. The molecule has 130 valence electrons. The summed E-state index contributed by atoms with van der Waals surface area (Å²) < 4.78 is 3.22. The number of piperidine rings is 1. The number of nitrogens with zero attached hydrogens (tertiary/aromatic N) is 5. The van der Waals surface area contributed by atoms with E-state index < -0.39 is 0 Å². The highest BCUT2D eigenvalue weighted by Crippen LogP contribution is 2.25. The number of hydrogen-bond acceptors (Lipinski definition) is 4. The molecule has 1 fully saturated rings. The number of likely N-dealkylation sites (tertiary alicyclic amines) is 1. The van der Waals surface area contributed by atoms with Gasteiger partial charge in [-0.05, 0) is 51.2 Å². The summed E-state index contributed by atoms with van der Waals surface area (Å²) in [5, 5.41) is 10.5. The molecule has 1 aliphatic rings. The van der Waals surface area contributed by atoms with E-state index in [2.05, 4.69) is 22.1 Å². The van der Waals surface area contributed by atoms with Gasteiger partial charge >= 0.3 is 0 Å². The Bertz CT molecular complexity index is 988. The van der Waals surface area contributed by atoms with Crippen molar-refractivity contribution in [2.24, 2.45) is 0 Å². The second-order valence-electron chi connectivity index (χ2n) is 6.40. The molecule has 3 aromatic rings. The van der Waals surface area contributed by atoms with Gasteiger partial charge in [-0.2, -0.15) is 10.2 Å². The second kappa shape index (κ2) is 6.44. The van der Waals surface area contributed by atoms with Crippen LogP contribution >= 0.6 is 23.2 Å². The van der Waals surface area contributed by atoms with Crippen molar-refractivity contribution in [2.45, 2.75) is 18.9 Å². The van der Waals surface area contributed by atoms with Gasteiger partial charge in [0.2, 0.25) is 0 Å². The van der Waals surface area contributed by atoms with Crippen LogP contribution in [0.1, 0.15) is 18.9 Å². The highest BCUT2D eigenvalue weighted by molar-refractivity contribution is 6.42. The first kappa shape index (κ1) is 16.6. The Kier molecular flexibility index (Phi) is 4.27. The van der Waals surface area contributed by atoms with Gasteiger partial charge in [0, 0.05) is 11.6 Å². The van der Waals surface area contributed by atoms with Crippen LogP contribution in [0.25, 0.3) is 16.6 Å². The molecule has 0 radical (unpaired) electrons. The molecule has 1 aliphatic heterocycles. The number of benzene rings is 1. The molecule has 1 aromatic carbocycles. The minimum Gasteiger partial charge on any atom is -0.306 e. The molecule has 0 atom stereocenters. The van der Waals surface area contributed by atoms with E-state index >= 15 is 0 Å². The first-order valence-corrected chi connectivity index (χ1v) is 8.89. The van der Waals surface area contributed by atoms with Gasteiger partial charge in [0.1, 0.15) is 0 Å². The lowest BCUT2D eigenvalue weighted by atomic mass is 10.1. The third kappa shape index (κ3) is 3.05. The van der Waals surface area contributed by atoms with E-state index in [1.807, 2.05) is 6.07 Å². The number of fused-ring (bicyclic) bond motifs is 1. The maximum atomic E-state index is 12.8. The lowest BCUT2D eigenvalue weighted by Crippen LogP contribution is -2.36. The predicted molar refractivity (Wildman–Crippen MR) is 98.9 cm³/mol. The molecule has 0 N–H and O–H groups in total. The topological polar surface area (TPSA) is 56.0 Å². The van der Waals surface area contributed by atoms with Gasteiger partial charge in [-0.15, -0.1) is 0 Å². The summed E-state index contributed by atoms with van der Waals surface area (Å²) in [6.07, 6.45) is 5.32. The minimum absolute atomic E-state index is 0.128. The fourth-order valence-electron chi connectivity index (χ4n) is 3.19. The van der Waals surface area contributed by atoms with Crippen molar-refractivity contribution in [1.29, 1.82) is 0 Å². The summed E-state index contributed by atoms with van der Waals surface area (Å²) >= 11 is 12.0. The average Bonchev–Trinajstić information content (AvgIpc) is 3.04. The lowest BCUT2D eigenvalue weighted by Gasteiger charge is -2.29. The summed E-state index contributed by atoms with van der Waals surface area (Å²) in [6.45, 7) is 1.93. The van der Waals surface area contributed by atoms with Crippen LogP contribution in [0.2, 0.25) is 10.0 Å². The van der Waals surface area contributed by atoms with E-state index in [0.717, 1.165) is 31.6 Å². The monoisotopic (exact) mass is 377 g/mol. The highest BCUT2D eigenvalue weighted by atomic mass is 35.5. The molecule has 4 rings (SSSR count). The molecule has 0 saturated carbocycles. The smallest absolute Gasteiger partial charge is 0.295 e. The van der Waals surface area contributed by atoms with Crippen LogP contribution in [-0.2, 0) is 0 Å². The Morgan fingerprint density at radius 2 is 1.92 bits per heavy atom. The van der Waals surface area contributed by atoms with Crippen molar-refractivity contribution in [3.05, 3.63) is 51.0 Å². The van der Waals surface area contributed by atoms with Crippen molar-refractivity contribution in [3.8, 4) is 5.69 Å². The second-order valence-corrected chi connectivity index (χ2v) is 7.22. The molecule has 1 saturated heterocycles. The maximum Gasteiger partial charge on any atom is 0.295 e. The van der Waals surface area contributed by atoms with Crippen LogP contribution in [0.5, 0.6) is 0 Å². The van der Waals surface area contributed by atoms with E-state index in [9.17, 15) is 4.79 Å². The van der Waals surface area contributed by atoms with Gasteiger partial charge in [-0.1, -0.05) is 23.2 Å². The number of hydrogen-bond donors (Lipinski definition) is 0. The number of rotatable bonds is 2. The van der Waals surface area contributed by atoms with Gasteiger partial charge in [0.05, 0.1) is 28.0 Å². The zero-order chi connectivity index (χ0) is 17.6. The molecule has 25 heavy (non-hydrogen) atoms. The molecule has 2 aromatic heterocycles. The van der Waals surface area contributed by atoms with E-state index in [1.165, 1.54) is 0 Å². The van der Waals surface area contributed by atoms with Crippen molar-refractivity contribution >= 4 is 34.1 Å². The third-order valence-corrected chi connectivity index (χ3v) is 5.42. The fourth-order valence-corrected chi connectivity index (χ4v) is 3.49. The van der Waals surface area contributed by atoms with Crippen LogP contribution in [0, 0.1) is 0 Å². The first-order chi connectivity index (χ1) is 12.0. The number of aromatic nitrogens is 4. The Balaban J connectivity index is 1.75. The molecule has 8 heteroatoms. The SMILES string of the molecule is CN1CCC(n2ncc3cn(-c4ccc(Cl)c(Cl)c4)nc3c2=O)CC1. The van der Waals surface area contributed by atoms with E-state index in [-0.39, 0.29) is 11.6 Å². The normalized spacial score (nSPS) is 16.6. The van der Waals surface area contributed by atoms with E-state index in [4.69, 9.17) is 23.2 Å². The van der Waals surface area contributed by atoms with Crippen LogP contribution < -0.4 is 5.56 Å². The summed E-state index contributed by atoms with van der Waals surface area (Å²) in [7, 11) is 2.09. The summed E-state index contributed by atoms with van der Waals surface area (Å²) in [6, 6.07) is 5.37. The van der Waals surface area contributed by atoms with Crippen molar-refractivity contribution in [1.82, 2.24) is 24.5 Å². The van der Waals surface area contributed by atoms with Crippen molar-refractivity contribution < 1.29 is 0 Å². The Morgan fingerprint density at radius 3 is 2.64 bits per heavy atom. The van der Waals surface area contributed by atoms with E-state index in [1.54, 1.807) is 33.9 Å². The summed E-state index contributed by atoms with van der Waals surface area (Å²) in [5.74, 6) is 0. The molecule has 0 amide bonds. The maximum absolute atomic E-state index is 12.8. The average molecular weight is 378 g/mol. The van der Waals surface area contributed by atoms with Crippen LogP contribution in [0.4, 0.5) is 0 Å². The number of halogens is 2. The predicted octanol–water partition coefficient (Wildman–Crippen LogP) is 3.16. The van der Waals surface area contributed by atoms with E-state index in [0.29, 0.717) is 20.9 Å². The third-order valence-electron chi connectivity index (χ3n) is 4.68. The molecule has 0 spiro atoms.